The molecule has 0 bridgehead atoms. The van der Waals surface area contributed by atoms with Gasteiger partial charge in [0.1, 0.15) is 11.6 Å². The third kappa shape index (κ3) is 2.19. The summed E-state index contributed by atoms with van der Waals surface area (Å²) in [5.74, 6) is 0.815. The van der Waals surface area contributed by atoms with Crippen LogP contribution < -0.4 is 11.5 Å². The van der Waals surface area contributed by atoms with Gasteiger partial charge >= 0.3 is 0 Å². The van der Waals surface area contributed by atoms with Crippen LogP contribution >= 0.6 is 11.6 Å². The molecule has 0 unspecified atom stereocenters. The molecule has 0 spiro atoms. The fourth-order valence-electron chi connectivity index (χ4n) is 1.41. The van der Waals surface area contributed by atoms with Crippen molar-refractivity contribution in [3.8, 4) is 11.1 Å². The van der Waals surface area contributed by atoms with Gasteiger partial charge in [-0.3, -0.25) is 0 Å². The zero-order valence-electron chi connectivity index (χ0n) is 7.94. The molecule has 0 aliphatic carbocycles. The number of rotatable bonds is 1. The van der Waals surface area contributed by atoms with E-state index in [0.717, 1.165) is 11.1 Å². The molecule has 76 valence electrons. The van der Waals surface area contributed by atoms with Crippen LogP contribution in [0, 0.1) is 0 Å². The Kier molecular flexibility index (Phi) is 2.47. The molecule has 4 N–H and O–H groups in total. The normalized spacial score (nSPS) is 10.2. The maximum Gasteiger partial charge on any atom is 0.126 e. The van der Waals surface area contributed by atoms with Gasteiger partial charge in [0.05, 0.1) is 0 Å². The van der Waals surface area contributed by atoms with E-state index in [-0.39, 0.29) is 0 Å². The van der Waals surface area contributed by atoms with Gasteiger partial charge in [0, 0.05) is 5.02 Å². The zero-order valence-corrected chi connectivity index (χ0v) is 8.70. The Hall–Kier alpha value is -1.74. The van der Waals surface area contributed by atoms with Crippen LogP contribution in [0.5, 0.6) is 0 Å². The summed E-state index contributed by atoms with van der Waals surface area (Å²) >= 11 is 5.90. The van der Waals surface area contributed by atoms with E-state index in [1.807, 2.05) is 24.3 Å². The topological polar surface area (TPSA) is 64.9 Å². The largest absolute Gasteiger partial charge is 0.384 e. The Morgan fingerprint density at radius 2 is 1.60 bits per heavy atom. The highest BCUT2D eigenvalue weighted by atomic mass is 35.5. The summed E-state index contributed by atoms with van der Waals surface area (Å²) in [5.41, 5.74) is 13.1. The van der Waals surface area contributed by atoms with Gasteiger partial charge in [-0.1, -0.05) is 23.7 Å². The molecular formula is C11H10ClN3. The van der Waals surface area contributed by atoms with Crippen molar-refractivity contribution in [3.05, 3.63) is 41.4 Å². The molecular weight excluding hydrogens is 210 g/mol. The van der Waals surface area contributed by atoms with E-state index in [1.54, 1.807) is 12.1 Å². The molecule has 0 aliphatic rings. The second-order valence-corrected chi connectivity index (χ2v) is 3.65. The van der Waals surface area contributed by atoms with Crippen molar-refractivity contribution in [2.45, 2.75) is 0 Å². The SMILES string of the molecule is Nc1cc(-c2cccc(Cl)c2)cc(N)n1. The summed E-state index contributed by atoms with van der Waals surface area (Å²) in [5, 5.41) is 0.682. The number of nitrogens with zero attached hydrogens (tertiary/aromatic N) is 1. The Bertz CT molecular complexity index is 477. The number of nitrogen functional groups attached to an aromatic ring is 2. The van der Waals surface area contributed by atoms with E-state index in [0.29, 0.717) is 16.7 Å². The molecule has 0 radical (unpaired) electrons. The second kappa shape index (κ2) is 3.79. The van der Waals surface area contributed by atoms with Crippen LogP contribution in [0.15, 0.2) is 36.4 Å². The van der Waals surface area contributed by atoms with E-state index in [2.05, 4.69) is 4.98 Å². The highest BCUT2D eigenvalue weighted by Gasteiger charge is 2.01. The third-order valence-corrected chi connectivity index (χ3v) is 2.26. The quantitative estimate of drug-likeness (QED) is 0.775. The van der Waals surface area contributed by atoms with Crippen molar-refractivity contribution < 1.29 is 0 Å². The molecule has 0 fully saturated rings. The predicted molar refractivity (Wildman–Crippen MR) is 63.5 cm³/mol. The second-order valence-electron chi connectivity index (χ2n) is 3.22. The van der Waals surface area contributed by atoms with Gasteiger partial charge in [-0.2, -0.15) is 0 Å². The molecule has 0 amide bonds. The third-order valence-electron chi connectivity index (χ3n) is 2.02. The molecule has 0 atom stereocenters. The molecule has 1 aromatic carbocycles. The standard InChI is InChI=1S/C11H10ClN3/c12-9-3-1-2-7(4-9)8-5-10(13)15-11(14)6-8/h1-6H,(H4,13,14,15). The van der Waals surface area contributed by atoms with Crippen LogP contribution in [-0.4, -0.2) is 4.98 Å². The van der Waals surface area contributed by atoms with Gasteiger partial charge in [-0.25, -0.2) is 4.98 Å². The van der Waals surface area contributed by atoms with E-state index in [9.17, 15) is 0 Å². The molecule has 4 heteroatoms. The molecule has 1 heterocycles. The average Bonchev–Trinajstić information content (AvgIpc) is 2.16. The lowest BCUT2D eigenvalue weighted by Gasteiger charge is -2.04. The first-order chi connectivity index (χ1) is 7.15. The highest BCUT2D eigenvalue weighted by molar-refractivity contribution is 6.30. The number of nitrogens with two attached hydrogens (primary N) is 2. The molecule has 15 heavy (non-hydrogen) atoms. The zero-order chi connectivity index (χ0) is 10.8. The van der Waals surface area contributed by atoms with Crippen molar-refractivity contribution in [1.29, 1.82) is 0 Å². The summed E-state index contributed by atoms with van der Waals surface area (Å²) in [4.78, 5) is 3.90. The number of benzene rings is 1. The lowest BCUT2D eigenvalue weighted by molar-refractivity contribution is 1.34. The first-order valence-electron chi connectivity index (χ1n) is 4.44. The molecule has 1 aromatic heterocycles. The molecule has 0 aliphatic heterocycles. The van der Waals surface area contributed by atoms with E-state index in [1.165, 1.54) is 0 Å². The minimum absolute atomic E-state index is 0.407. The minimum Gasteiger partial charge on any atom is -0.384 e. The Morgan fingerprint density at radius 3 is 2.20 bits per heavy atom. The molecule has 2 rings (SSSR count). The summed E-state index contributed by atoms with van der Waals surface area (Å²) < 4.78 is 0. The van der Waals surface area contributed by atoms with E-state index >= 15 is 0 Å². The lowest BCUT2D eigenvalue weighted by atomic mass is 10.1. The summed E-state index contributed by atoms with van der Waals surface area (Å²) in [6.45, 7) is 0. The number of hydrogen-bond donors (Lipinski definition) is 2. The van der Waals surface area contributed by atoms with Crippen LogP contribution in [0.4, 0.5) is 11.6 Å². The Balaban J connectivity index is 2.54. The Labute approximate surface area is 92.7 Å². The van der Waals surface area contributed by atoms with Gasteiger partial charge in [0.25, 0.3) is 0 Å². The van der Waals surface area contributed by atoms with Crippen molar-refractivity contribution in [1.82, 2.24) is 4.98 Å². The summed E-state index contributed by atoms with van der Waals surface area (Å²) in [6.07, 6.45) is 0. The predicted octanol–water partition coefficient (Wildman–Crippen LogP) is 2.57. The van der Waals surface area contributed by atoms with E-state index < -0.39 is 0 Å². The van der Waals surface area contributed by atoms with Crippen molar-refractivity contribution in [2.75, 3.05) is 11.5 Å². The smallest absolute Gasteiger partial charge is 0.126 e. The average molecular weight is 220 g/mol. The van der Waals surface area contributed by atoms with E-state index in [4.69, 9.17) is 23.1 Å². The van der Waals surface area contributed by atoms with Crippen LogP contribution in [0.2, 0.25) is 5.02 Å². The lowest BCUT2D eigenvalue weighted by Crippen LogP contribution is -1.96. The van der Waals surface area contributed by atoms with Crippen molar-refractivity contribution >= 4 is 23.2 Å². The van der Waals surface area contributed by atoms with Crippen LogP contribution in [0.25, 0.3) is 11.1 Å². The van der Waals surface area contributed by atoms with Crippen LogP contribution in [0.1, 0.15) is 0 Å². The molecule has 0 saturated heterocycles. The van der Waals surface area contributed by atoms with Crippen LogP contribution in [-0.2, 0) is 0 Å². The fraction of sp³-hybridized carbons (Fsp3) is 0. The van der Waals surface area contributed by atoms with Gasteiger partial charge in [-0.15, -0.1) is 0 Å². The Morgan fingerprint density at radius 1 is 0.933 bits per heavy atom. The first kappa shape index (κ1) is 9.80. The van der Waals surface area contributed by atoms with Crippen molar-refractivity contribution in [2.24, 2.45) is 0 Å². The van der Waals surface area contributed by atoms with Crippen LogP contribution in [0.3, 0.4) is 0 Å². The monoisotopic (exact) mass is 219 g/mol. The van der Waals surface area contributed by atoms with Gasteiger partial charge in [0.15, 0.2) is 0 Å². The summed E-state index contributed by atoms with van der Waals surface area (Å²) in [7, 11) is 0. The van der Waals surface area contributed by atoms with Gasteiger partial charge in [-0.05, 0) is 35.4 Å². The number of pyridine rings is 1. The molecule has 3 nitrogen and oxygen atoms in total. The maximum absolute atomic E-state index is 5.90. The summed E-state index contributed by atoms with van der Waals surface area (Å²) in [6, 6.07) is 11.0. The van der Waals surface area contributed by atoms with Gasteiger partial charge < -0.3 is 11.5 Å². The highest BCUT2D eigenvalue weighted by Crippen LogP contribution is 2.24. The molecule has 0 saturated carbocycles. The number of aromatic nitrogens is 1. The number of hydrogen-bond acceptors (Lipinski definition) is 3. The maximum atomic E-state index is 5.90. The first-order valence-corrected chi connectivity index (χ1v) is 4.82. The molecule has 2 aromatic rings. The fourth-order valence-corrected chi connectivity index (χ4v) is 1.60. The van der Waals surface area contributed by atoms with Gasteiger partial charge in [0.2, 0.25) is 0 Å². The van der Waals surface area contributed by atoms with Crippen molar-refractivity contribution in [3.63, 3.8) is 0 Å². The number of anilines is 2. The number of halogens is 1. The minimum atomic E-state index is 0.407.